The van der Waals surface area contributed by atoms with Crippen LogP contribution < -0.4 is 0 Å². The summed E-state index contributed by atoms with van der Waals surface area (Å²) in [6, 6.07) is 2.36. The number of rotatable bonds is 13. The molecular formula is C28H46O2. The van der Waals surface area contributed by atoms with Gasteiger partial charge in [-0.1, -0.05) is 58.9 Å². The molecule has 30 heavy (non-hydrogen) atoms. The topological polar surface area (TPSA) is 37.3 Å². The van der Waals surface area contributed by atoms with E-state index in [4.69, 9.17) is 0 Å². The van der Waals surface area contributed by atoms with Crippen molar-refractivity contribution in [3.05, 3.63) is 33.9 Å². The molecule has 0 aromatic heterocycles. The summed E-state index contributed by atoms with van der Waals surface area (Å²) in [4.78, 5) is 11.3. The number of unbranched alkanes of at least 4 members (excludes halogenated alkanes) is 5. The summed E-state index contributed by atoms with van der Waals surface area (Å²) in [5.74, 6) is -0.572. The van der Waals surface area contributed by atoms with E-state index in [1.54, 1.807) is 11.1 Å². The first-order valence-electron chi connectivity index (χ1n) is 12.4. The lowest BCUT2D eigenvalue weighted by atomic mass is 9.86. The highest BCUT2D eigenvalue weighted by Gasteiger charge is 2.49. The molecule has 2 nitrogen and oxygen atoms in total. The van der Waals surface area contributed by atoms with Crippen LogP contribution in [0.15, 0.2) is 6.07 Å². The van der Waals surface area contributed by atoms with Crippen LogP contribution in [0.4, 0.5) is 0 Å². The summed E-state index contributed by atoms with van der Waals surface area (Å²) in [5.41, 5.74) is 7.66. The molecule has 0 aliphatic heterocycles. The average Bonchev–Trinajstić information content (AvgIpc) is 3.43. The third-order valence-corrected chi connectivity index (χ3v) is 7.31. The maximum atomic E-state index is 11.3. The van der Waals surface area contributed by atoms with E-state index in [-0.39, 0.29) is 5.41 Å². The zero-order valence-corrected chi connectivity index (χ0v) is 20.6. The standard InChI is InChI=1S/C28H46O2/c1-21-20-22(2)24(14-11-9-13-17-28(18-19-28)26(29)30)25(23(21)3)15-10-7-8-12-16-27(4,5)6/h20H,7-19H2,1-6H3,(H,29,30). The molecule has 0 atom stereocenters. The quantitative estimate of drug-likeness (QED) is 0.331. The van der Waals surface area contributed by atoms with Gasteiger partial charge in [0, 0.05) is 0 Å². The number of hydrogen-bond acceptors (Lipinski definition) is 1. The maximum absolute atomic E-state index is 11.3. The second-order valence-electron chi connectivity index (χ2n) is 11.2. The van der Waals surface area contributed by atoms with Gasteiger partial charge in [-0.3, -0.25) is 4.79 Å². The fraction of sp³-hybridized carbons (Fsp3) is 0.750. The number of carbonyl (C=O) groups is 1. The van der Waals surface area contributed by atoms with Crippen LogP contribution in [0.2, 0.25) is 0 Å². The van der Waals surface area contributed by atoms with Gasteiger partial charge in [-0.15, -0.1) is 0 Å². The van der Waals surface area contributed by atoms with Crippen LogP contribution in [0.3, 0.4) is 0 Å². The molecule has 1 aromatic rings. The lowest BCUT2D eigenvalue weighted by Crippen LogP contribution is -2.14. The van der Waals surface area contributed by atoms with Gasteiger partial charge >= 0.3 is 5.97 Å². The van der Waals surface area contributed by atoms with Crippen molar-refractivity contribution in [2.45, 2.75) is 125 Å². The van der Waals surface area contributed by atoms with Crippen LogP contribution >= 0.6 is 0 Å². The Labute approximate surface area is 185 Å². The van der Waals surface area contributed by atoms with Crippen LogP contribution in [0, 0.1) is 31.6 Å². The van der Waals surface area contributed by atoms with Crippen molar-refractivity contribution in [1.82, 2.24) is 0 Å². The number of carboxylic acid groups (broad SMARTS) is 1. The zero-order chi connectivity index (χ0) is 22.4. The molecule has 1 saturated carbocycles. The van der Waals surface area contributed by atoms with Gasteiger partial charge < -0.3 is 5.11 Å². The van der Waals surface area contributed by atoms with Gasteiger partial charge in [0.25, 0.3) is 0 Å². The van der Waals surface area contributed by atoms with Crippen LogP contribution in [-0.4, -0.2) is 11.1 Å². The predicted octanol–water partition coefficient (Wildman–Crippen LogP) is 8.12. The van der Waals surface area contributed by atoms with Gasteiger partial charge in [0.05, 0.1) is 5.41 Å². The Balaban J connectivity index is 1.84. The first-order valence-corrected chi connectivity index (χ1v) is 12.4. The SMILES string of the molecule is Cc1cc(C)c(CCCCCC2(C(=O)O)CC2)c(CCCCCCC(C)(C)C)c1C. The smallest absolute Gasteiger partial charge is 0.309 e. The highest BCUT2D eigenvalue weighted by Crippen LogP contribution is 2.50. The molecule has 1 N–H and O–H groups in total. The zero-order valence-electron chi connectivity index (χ0n) is 20.6. The fourth-order valence-electron chi connectivity index (χ4n) is 4.88. The monoisotopic (exact) mass is 414 g/mol. The number of aryl methyl sites for hydroxylation is 2. The van der Waals surface area contributed by atoms with Crippen molar-refractivity contribution >= 4 is 5.97 Å². The Morgan fingerprint density at radius 2 is 1.43 bits per heavy atom. The van der Waals surface area contributed by atoms with Gasteiger partial charge in [-0.2, -0.15) is 0 Å². The Kier molecular flexibility index (Phi) is 9.00. The Morgan fingerprint density at radius 3 is 2.00 bits per heavy atom. The molecule has 2 rings (SSSR count). The number of aliphatic carboxylic acids is 1. The summed E-state index contributed by atoms with van der Waals surface area (Å²) in [7, 11) is 0. The van der Waals surface area contributed by atoms with Gasteiger partial charge in [-0.25, -0.2) is 0 Å². The molecule has 0 spiro atoms. The van der Waals surface area contributed by atoms with E-state index < -0.39 is 5.97 Å². The van der Waals surface area contributed by atoms with Gasteiger partial charge in [0.1, 0.15) is 0 Å². The van der Waals surface area contributed by atoms with Gasteiger partial charge in [0.15, 0.2) is 0 Å². The van der Waals surface area contributed by atoms with E-state index in [1.807, 2.05) is 0 Å². The minimum atomic E-state index is -0.572. The van der Waals surface area contributed by atoms with E-state index >= 15 is 0 Å². The highest BCUT2D eigenvalue weighted by molar-refractivity contribution is 5.77. The third kappa shape index (κ3) is 7.43. The lowest BCUT2D eigenvalue weighted by molar-refractivity contribution is -0.143. The average molecular weight is 415 g/mol. The second kappa shape index (κ2) is 10.8. The van der Waals surface area contributed by atoms with Crippen LogP contribution in [-0.2, 0) is 17.6 Å². The lowest BCUT2D eigenvalue weighted by Gasteiger charge is -2.19. The van der Waals surface area contributed by atoms with Crippen LogP contribution in [0.1, 0.15) is 119 Å². The molecule has 0 amide bonds. The molecule has 170 valence electrons. The largest absolute Gasteiger partial charge is 0.481 e. The number of benzene rings is 1. The van der Waals surface area contributed by atoms with E-state index in [2.05, 4.69) is 47.6 Å². The molecule has 0 bridgehead atoms. The highest BCUT2D eigenvalue weighted by atomic mass is 16.4. The Hall–Kier alpha value is -1.31. The molecule has 1 aliphatic carbocycles. The molecule has 1 aliphatic rings. The van der Waals surface area contributed by atoms with E-state index in [1.165, 1.54) is 61.6 Å². The molecule has 1 aromatic carbocycles. The van der Waals surface area contributed by atoms with E-state index in [9.17, 15) is 9.90 Å². The normalized spacial score (nSPS) is 15.4. The van der Waals surface area contributed by atoms with Crippen molar-refractivity contribution in [3.8, 4) is 0 Å². The number of hydrogen-bond donors (Lipinski definition) is 1. The molecule has 2 heteroatoms. The Bertz CT molecular complexity index is 704. The molecule has 1 fully saturated rings. The van der Waals surface area contributed by atoms with E-state index in [0.29, 0.717) is 5.41 Å². The minimum Gasteiger partial charge on any atom is -0.481 e. The first kappa shape index (κ1) is 25.0. The molecule has 0 saturated heterocycles. The summed E-state index contributed by atoms with van der Waals surface area (Å²) in [6.45, 7) is 13.8. The predicted molar refractivity (Wildman–Crippen MR) is 128 cm³/mol. The maximum Gasteiger partial charge on any atom is 0.309 e. The van der Waals surface area contributed by atoms with Crippen LogP contribution in [0.5, 0.6) is 0 Å². The van der Waals surface area contributed by atoms with Gasteiger partial charge in [0.2, 0.25) is 0 Å². The van der Waals surface area contributed by atoms with Crippen molar-refractivity contribution in [2.75, 3.05) is 0 Å². The first-order chi connectivity index (χ1) is 14.1. The molecule has 0 unspecified atom stereocenters. The fourth-order valence-corrected chi connectivity index (χ4v) is 4.88. The van der Waals surface area contributed by atoms with Crippen molar-refractivity contribution < 1.29 is 9.90 Å². The van der Waals surface area contributed by atoms with Crippen molar-refractivity contribution in [3.63, 3.8) is 0 Å². The van der Waals surface area contributed by atoms with E-state index in [0.717, 1.165) is 38.5 Å². The van der Waals surface area contributed by atoms with Crippen molar-refractivity contribution in [1.29, 1.82) is 0 Å². The number of carboxylic acids is 1. The molecule has 0 heterocycles. The summed E-state index contributed by atoms with van der Waals surface area (Å²) in [6.07, 6.45) is 15.0. The summed E-state index contributed by atoms with van der Waals surface area (Å²) >= 11 is 0. The summed E-state index contributed by atoms with van der Waals surface area (Å²) < 4.78 is 0. The van der Waals surface area contributed by atoms with Crippen molar-refractivity contribution in [2.24, 2.45) is 10.8 Å². The third-order valence-electron chi connectivity index (χ3n) is 7.31. The summed E-state index contributed by atoms with van der Waals surface area (Å²) in [5, 5.41) is 9.34. The Morgan fingerprint density at radius 1 is 0.867 bits per heavy atom. The minimum absolute atomic E-state index is 0.353. The molecule has 0 radical (unpaired) electrons. The molecular weight excluding hydrogens is 368 g/mol. The second-order valence-corrected chi connectivity index (χ2v) is 11.2. The van der Waals surface area contributed by atoms with Crippen LogP contribution in [0.25, 0.3) is 0 Å². The van der Waals surface area contributed by atoms with Gasteiger partial charge in [-0.05, 0) is 105 Å².